The van der Waals surface area contributed by atoms with Gasteiger partial charge in [0.2, 0.25) is 0 Å². The van der Waals surface area contributed by atoms with E-state index in [0.717, 1.165) is 21.3 Å². The number of thiophene rings is 1. The van der Waals surface area contributed by atoms with E-state index in [0.29, 0.717) is 0 Å². The van der Waals surface area contributed by atoms with E-state index in [4.69, 9.17) is 10.5 Å². The zero-order valence-corrected chi connectivity index (χ0v) is 12.8. The summed E-state index contributed by atoms with van der Waals surface area (Å²) < 4.78 is 7.10. The number of hydrogen-bond donors (Lipinski definition) is 1. The van der Waals surface area contributed by atoms with Crippen molar-refractivity contribution in [3.05, 3.63) is 50.6 Å². The molecule has 2 nitrogen and oxygen atoms in total. The molecule has 4 heteroatoms. The number of halogens is 1. The number of rotatable bonds is 4. The van der Waals surface area contributed by atoms with Gasteiger partial charge in [-0.25, -0.2) is 0 Å². The quantitative estimate of drug-likeness (QED) is 0.910. The highest BCUT2D eigenvalue weighted by molar-refractivity contribution is 9.10. The smallest absolute Gasteiger partial charge is 0.139 e. The minimum absolute atomic E-state index is 0.0523. The molecule has 1 aromatic carbocycles. The largest absolute Gasteiger partial charge is 0.484 e. The van der Waals surface area contributed by atoms with E-state index in [2.05, 4.69) is 27.4 Å². The number of nitrogens with two attached hydrogens (primary N) is 1. The van der Waals surface area contributed by atoms with Crippen molar-refractivity contribution in [3.63, 3.8) is 0 Å². The second-order valence-electron chi connectivity index (χ2n) is 4.37. The minimum Gasteiger partial charge on any atom is -0.484 e. The van der Waals surface area contributed by atoms with Crippen molar-refractivity contribution in [2.45, 2.75) is 26.0 Å². The predicted molar refractivity (Wildman–Crippen MR) is 80.2 cm³/mol. The summed E-state index contributed by atoms with van der Waals surface area (Å²) in [6.45, 7) is 4.01. The van der Waals surface area contributed by atoms with Crippen molar-refractivity contribution in [3.8, 4) is 5.75 Å². The summed E-state index contributed by atoms with van der Waals surface area (Å²) in [5.41, 5.74) is 8.30. The third kappa shape index (κ3) is 3.13. The second kappa shape index (κ2) is 5.87. The third-order valence-corrected chi connectivity index (χ3v) is 4.33. The van der Waals surface area contributed by atoms with Crippen molar-refractivity contribution in [2.75, 3.05) is 0 Å². The molecular formula is C14H16BrNOS. The molecule has 0 radical (unpaired) electrons. The minimum atomic E-state index is -0.100. The molecule has 0 bridgehead atoms. The molecule has 0 amide bonds. The van der Waals surface area contributed by atoms with Crippen molar-refractivity contribution < 1.29 is 4.74 Å². The van der Waals surface area contributed by atoms with Gasteiger partial charge in [-0.2, -0.15) is 11.3 Å². The monoisotopic (exact) mass is 325 g/mol. The van der Waals surface area contributed by atoms with Crippen LogP contribution in [0.5, 0.6) is 5.75 Å². The lowest BCUT2D eigenvalue weighted by Crippen LogP contribution is -2.28. The first kappa shape index (κ1) is 13.6. The SMILES string of the molecule is Cc1cc(OC(c2ccsc2)C(C)N)ccc1Br. The van der Waals surface area contributed by atoms with E-state index in [1.807, 2.05) is 37.4 Å². The van der Waals surface area contributed by atoms with Crippen molar-refractivity contribution in [1.29, 1.82) is 0 Å². The van der Waals surface area contributed by atoms with Crippen molar-refractivity contribution in [2.24, 2.45) is 5.73 Å². The van der Waals surface area contributed by atoms with Crippen LogP contribution in [0.3, 0.4) is 0 Å². The first-order valence-electron chi connectivity index (χ1n) is 5.78. The standard InChI is InChI=1S/C14H16BrNOS/c1-9-7-12(3-4-13(9)15)17-14(10(2)16)11-5-6-18-8-11/h3-8,10,14H,16H2,1-2H3. The summed E-state index contributed by atoms with van der Waals surface area (Å²) in [5, 5.41) is 4.13. The van der Waals surface area contributed by atoms with E-state index in [1.54, 1.807) is 11.3 Å². The maximum Gasteiger partial charge on any atom is 0.139 e. The van der Waals surface area contributed by atoms with Gasteiger partial charge in [0.15, 0.2) is 0 Å². The second-order valence-corrected chi connectivity index (χ2v) is 6.00. The third-order valence-electron chi connectivity index (χ3n) is 2.74. The summed E-state index contributed by atoms with van der Waals surface area (Å²) in [6, 6.07) is 7.98. The van der Waals surface area contributed by atoms with Gasteiger partial charge in [-0.3, -0.25) is 0 Å². The summed E-state index contributed by atoms with van der Waals surface area (Å²) in [4.78, 5) is 0. The summed E-state index contributed by atoms with van der Waals surface area (Å²) in [6.07, 6.45) is -0.100. The van der Waals surface area contributed by atoms with Crippen LogP contribution < -0.4 is 10.5 Å². The molecular weight excluding hydrogens is 310 g/mol. The highest BCUT2D eigenvalue weighted by atomic mass is 79.9. The number of aryl methyl sites for hydroxylation is 1. The fourth-order valence-electron chi connectivity index (χ4n) is 1.75. The van der Waals surface area contributed by atoms with E-state index in [1.165, 1.54) is 0 Å². The Bertz CT molecular complexity index is 511. The van der Waals surface area contributed by atoms with Gasteiger partial charge in [0, 0.05) is 16.1 Å². The molecule has 2 rings (SSSR count). The van der Waals surface area contributed by atoms with Crippen LogP contribution in [-0.2, 0) is 0 Å². The Kier molecular flexibility index (Phi) is 4.43. The lowest BCUT2D eigenvalue weighted by molar-refractivity contribution is 0.181. The fourth-order valence-corrected chi connectivity index (χ4v) is 2.68. The maximum absolute atomic E-state index is 6.02. The normalized spacial score (nSPS) is 14.2. The summed E-state index contributed by atoms with van der Waals surface area (Å²) >= 11 is 5.14. The van der Waals surface area contributed by atoms with E-state index in [9.17, 15) is 0 Å². The molecule has 0 fully saturated rings. The van der Waals surface area contributed by atoms with Crippen LogP contribution in [0, 0.1) is 6.92 Å². The summed E-state index contributed by atoms with van der Waals surface area (Å²) in [5.74, 6) is 0.851. The first-order chi connectivity index (χ1) is 8.58. The Morgan fingerprint density at radius 3 is 2.67 bits per heavy atom. The molecule has 0 saturated carbocycles. The number of benzene rings is 1. The Morgan fingerprint density at radius 2 is 2.11 bits per heavy atom. The molecule has 2 atom stereocenters. The average Bonchev–Trinajstić information content (AvgIpc) is 2.83. The van der Waals surface area contributed by atoms with Crippen LogP contribution in [-0.4, -0.2) is 6.04 Å². The molecule has 0 saturated heterocycles. The molecule has 96 valence electrons. The molecule has 2 N–H and O–H groups in total. The Morgan fingerprint density at radius 1 is 1.33 bits per heavy atom. The molecule has 0 aliphatic heterocycles. The van der Waals surface area contributed by atoms with Crippen molar-refractivity contribution in [1.82, 2.24) is 0 Å². The fraction of sp³-hybridized carbons (Fsp3) is 0.286. The highest BCUT2D eigenvalue weighted by Crippen LogP contribution is 2.28. The highest BCUT2D eigenvalue weighted by Gasteiger charge is 2.18. The summed E-state index contributed by atoms with van der Waals surface area (Å²) in [7, 11) is 0. The number of ether oxygens (including phenoxy) is 1. The van der Waals surface area contributed by atoms with Gasteiger partial charge < -0.3 is 10.5 Å². The Hall–Kier alpha value is -0.840. The Labute approximate surface area is 120 Å². The van der Waals surface area contributed by atoms with Crippen molar-refractivity contribution >= 4 is 27.3 Å². The van der Waals surface area contributed by atoms with E-state index >= 15 is 0 Å². The zero-order valence-electron chi connectivity index (χ0n) is 10.4. The van der Waals surface area contributed by atoms with Crippen LogP contribution in [0.4, 0.5) is 0 Å². The molecule has 2 aromatic rings. The van der Waals surface area contributed by atoms with Gasteiger partial charge in [-0.1, -0.05) is 15.9 Å². The molecule has 0 aliphatic rings. The topological polar surface area (TPSA) is 35.2 Å². The molecule has 0 aliphatic carbocycles. The molecule has 0 spiro atoms. The lowest BCUT2D eigenvalue weighted by atomic mass is 10.1. The van der Waals surface area contributed by atoms with Crippen LogP contribution in [0.1, 0.15) is 24.2 Å². The van der Waals surface area contributed by atoms with Gasteiger partial charge in [0.25, 0.3) is 0 Å². The average molecular weight is 326 g/mol. The van der Waals surface area contributed by atoms with Gasteiger partial charge in [-0.15, -0.1) is 0 Å². The van der Waals surface area contributed by atoms with Gasteiger partial charge in [-0.05, 0) is 54.4 Å². The predicted octanol–water partition coefficient (Wildman–Crippen LogP) is 4.29. The van der Waals surface area contributed by atoms with Crippen LogP contribution in [0.15, 0.2) is 39.5 Å². The van der Waals surface area contributed by atoms with Crippen LogP contribution in [0.2, 0.25) is 0 Å². The number of hydrogen-bond acceptors (Lipinski definition) is 3. The van der Waals surface area contributed by atoms with Crippen LogP contribution >= 0.6 is 27.3 Å². The van der Waals surface area contributed by atoms with Gasteiger partial charge in [0.05, 0.1) is 0 Å². The maximum atomic E-state index is 6.02. The van der Waals surface area contributed by atoms with Gasteiger partial charge >= 0.3 is 0 Å². The van der Waals surface area contributed by atoms with Gasteiger partial charge in [0.1, 0.15) is 11.9 Å². The molecule has 2 unspecified atom stereocenters. The Balaban J connectivity index is 2.21. The van der Waals surface area contributed by atoms with E-state index < -0.39 is 0 Å². The zero-order chi connectivity index (χ0) is 13.1. The first-order valence-corrected chi connectivity index (χ1v) is 7.52. The molecule has 1 aromatic heterocycles. The molecule has 18 heavy (non-hydrogen) atoms. The van der Waals surface area contributed by atoms with E-state index in [-0.39, 0.29) is 12.1 Å². The molecule has 1 heterocycles. The lowest BCUT2D eigenvalue weighted by Gasteiger charge is -2.22. The van der Waals surface area contributed by atoms with Crippen LogP contribution in [0.25, 0.3) is 0 Å².